The van der Waals surface area contributed by atoms with Crippen molar-refractivity contribution in [3.05, 3.63) is 35.9 Å². The molecule has 1 rings (SSSR count). The van der Waals surface area contributed by atoms with E-state index in [0.717, 1.165) is 31.2 Å². The molecule has 0 heterocycles. The van der Waals surface area contributed by atoms with Gasteiger partial charge in [0.2, 0.25) is 5.91 Å². The third-order valence-corrected chi connectivity index (χ3v) is 3.76. The Morgan fingerprint density at radius 1 is 1.14 bits per heavy atom. The van der Waals surface area contributed by atoms with Gasteiger partial charge in [0.1, 0.15) is 0 Å². The molecule has 3 nitrogen and oxygen atoms in total. The highest BCUT2D eigenvalue weighted by Gasteiger charge is 2.10. The van der Waals surface area contributed by atoms with E-state index in [0.29, 0.717) is 6.42 Å². The number of nitrogens with one attached hydrogen (secondary N) is 1. The molecule has 0 saturated heterocycles. The van der Waals surface area contributed by atoms with E-state index in [-0.39, 0.29) is 18.1 Å². The average Bonchev–Trinajstić information content (AvgIpc) is 2.48. The van der Waals surface area contributed by atoms with E-state index >= 15 is 0 Å². The third kappa shape index (κ3) is 7.86. The third-order valence-electron chi connectivity index (χ3n) is 3.76. The molecule has 21 heavy (non-hydrogen) atoms. The van der Waals surface area contributed by atoms with Crippen LogP contribution in [-0.2, 0) is 4.79 Å². The molecule has 0 aliphatic rings. The summed E-state index contributed by atoms with van der Waals surface area (Å²) in [6, 6.07) is 9.99. The molecule has 2 atom stereocenters. The maximum Gasteiger partial charge on any atom is 0.220 e. The largest absolute Gasteiger partial charge is 0.393 e. The normalized spacial score (nSPS) is 13.7. The molecule has 0 spiro atoms. The van der Waals surface area contributed by atoms with E-state index in [2.05, 4.69) is 12.2 Å². The highest BCUT2D eigenvalue weighted by molar-refractivity contribution is 5.76. The van der Waals surface area contributed by atoms with Crippen molar-refractivity contribution in [2.24, 2.45) is 0 Å². The Morgan fingerprint density at radius 2 is 1.81 bits per heavy atom. The van der Waals surface area contributed by atoms with Crippen LogP contribution in [0, 0.1) is 0 Å². The van der Waals surface area contributed by atoms with E-state index < -0.39 is 0 Å². The van der Waals surface area contributed by atoms with Crippen LogP contribution in [0.1, 0.15) is 70.4 Å². The fourth-order valence-corrected chi connectivity index (χ4v) is 2.41. The number of hydrogen-bond donors (Lipinski definition) is 2. The number of carbonyl (C=O) groups excluding carboxylic acids is 1. The van der Waals surface area contributed by atoms with Crippen LogP contribution < -0.4 is 5.32 Å². The smallest absolute Gasteiger partial charge is 0.220 e. The predicted octanol–water partition coefficient (Wildman–Crippen LogP) is 3.98. The van der Waals surface area contributed by atoms with Crippen molar-refractivity contribution in [2.45, 2.75) is 70.9 Å². The van der Waals surface area contributed by atoms with Crippen LogP contribution in [0.5, 0.6) is 0 Å². The molecule has 0 radical (unpaired) electrons. The Bertz CT molecular complexity index is 391. The van der Waals surface area contributed by atoms with E-state index in [9.17, 15) is 9.90 Å². The van der Waals surface area contributed by atoms with Gasteiger partial charge in [0.25, 0.3) is 0 Å². The van der Waals surface area contributed by atoms with Crippen LogP contribution in [0.4, 0.5) is 0 Å². The minimum absolute atomic E-state index is 0.0353. The van der Waals surface area contributed by atoms with E-state index in [1.54, 1.807) is 0 Å². The first kappa shape index (κ1) is 17.7. The standard InChI is InChI=1S/C18H29NO2/c1-3-4-6-12-17(20)13-9-14-18(21)19-15(2)16-10-7-5-8-11-16/h5,7-8,10-11,15,17,20H,3-4,6,9,12-14H2,1-2H3,(H,19,21)/t15-,17+/m1/s1. The molecule has 3 heteroatoms. The Hall–Kier alpha value is -1.35. The van der Waals surface area contributed by atoms with Crippen LogP contribution in [0.3, 0.4) is 0 Å². The van der Waals surface area contributed by atoms with Crippen molar-refractivity contribution in [3.63, 3.8) is 0 Å². The molecule has 1 aromatic rings. The Labute approximate surface area is 128 Å². The van der Waals surface area contributed by atoms with Crippen LogP contribution in [0.2, 0.25) is 0 Å². The number of aliphatic hydroxyl groups is 1. The van der Waals surface area contributed by atoms with Gasteiger partial charge in [-0.15, -0.1) is 0 Å². The highest BCUT2D eigenvalue weighted by Crippen LogP contribution is 2.13. The van der Waals surface area contributed by atoms with Crippen LogP contribution >= 0.6 is 0 Å². The molecule has 0 saturated carbocycles. The highest BCUT2D eigenvalue weighted by atomic mass is 16.3. The van der Waals surface area contributed by atoms with Gasteiger partial charge in [0.15, 0.2) is 0 Å². The molecule has 0 unspecified atom stereocenters. The van der Waals surface area contributed by atoms with Gasteiger partial charge >= 0.3 is 0 Å². The molecule has 118 valence electrons. The van der Waals surface area contributed by atoms with E-state index in [4.69, 9.17) is 0 Å². The van der Waals surface area contributed by atoms with Crippen LogP contribution in [0.25, 0.3) is 0 Å². The van der Waals surface area contributed by atoms with Gasteiger partial charge in [-0.3, -0.25) is 4.79 Å². The van der Waals surface area contributed by atoms with Gasteiger partial charge in [0, 0.05) is 6.42 Å². The molecule has 1 aromatic carbocycles. The molecule has 0 fully saturated rings. The summed E-state index contributed by atoms with van der Waals surface area (Å²) in [5, 5.41) is 12.8. The number of aliphatic hydroxyl groups excluding tert-OH is 1. The summed E-state index contributed by atoms with van der Waals surface area (Å²) in [6.45, 7) is 4.15. The van der Waals surface area contributed by atoms with Crippen LogP contribution in [-0.4, -0.2) is 17.1 Å². The predicted molar refractivity (Wildman–Crippen MR) is 87.0 cm³/mol. The fourth-order valence-electron chi connectivity index (χ4n) is 2.41. The second-order valence-corrected chi connectivity index (χ2v) is 5.74. The number of hydrogen-bond acceptors (Lipinski definition) is 2. The molecule has 0 bridgehead atoms. The summed E-state index contributed by atoms with van der Waals surface area (Å²) in [6.07, 6.45) is 5.99. The molecular weight excluding hydrogens is 262 g/mol. The lowest BCUT2D eigenvalue weighted by Gasteiger charge is -2.15. The van der Waals surface area contributed by atoms with Gasteiger partial charge in [-0.1, -0.05) is 56.5 Å². The van der Waals surface area contributed by atoms with Crippen molar-refractivity contribution in [1.82, 2.24) is 5.32 Å². The van der Waals surface area contributed by atoms with Gasteiger partial charge in [0.05, 0.1) is 12.1 Å². The number of benzene rings is 1. The molecule has 0 aromatic heterocycles. The summed E-state index contributed by atoms with van der Waals surface area (Å²) in [7, 11) is 0. The summed E-state index contributed by atoms with van der Waals surface area (Å²) < 4.78 is 0. The van der Waals surface area contributed by atoms with E-state index in [1.165, 1.54) is 12.8 Å². The van der Waals surface area contributed by atoms with Gasteiger partial charge in [-0.05, 0) is 31.7 Å². The minimum atomic E-state index is -0.254. The maximum absolute atomic E-state index is 11.9. The zero-order chi connectivity index (χ0) is 15.5. The Morgan fingerprint density at radius 3 is 2.48 bits per heavy atom. The molecular formula is C18H29NO2. The second kappa shape index (κ2) is 10.4. The maximum atomic E-state index is 11.9. The van der Waals surface area contributed by atoms with Crippen molar-refractivity contribution < 1.29 is 9.90 Å². The lowest BCUT2D eigenvalue weighted by Crippen LogP contribution is -2.26. The first-order valence-corrected chi connectivity index (χ1v) is 8.15. The number of unbranched alkanes of at least 4 members (excludes halogenated alkanes) is 2. The van der Waals surface area contributed by atoms with Gasteiger partial charge < -0.3 is 10.4 Å². The van der Waals surface area contributed by atoms with Gasteiger partial charge in [-0.2, -0.15) is 0 Å². The number of rotatable bonds is 10. The van der Waals surface area contributed by atoms with E-state index in [1.807, 2.05) is 37.3 Å². The zero-order valence-electron chi connectivity index (χ0n) is 13.3. The first-order chi connectivity index (χ1) is 10.1. The topological polar surface area (TPSA) is 49.3 Å². The second-order valence-electron chi connectivity index (χ2n) is 5.74. The lowest BCUT2D eigenvalue weighted by atomic mass is 10.0. The lowest BCUT2D eigenvalue weighted by molar-refractivity contribution is -0.121. The van der Waals surface area contributed by atoms with Gasteiger partial charge in [-0.25, -0.2) is 0 Å². The molecule has 0 aliphatic heterocycles. The summed E-state index contributed by atoms with van der Waals surface area (Å²) in [4.78, 5) is 11.9. The molecule has 1 amide bonds. The first-order valence-electron chi connectivity index (χ1n) is 8.15. The average molecular weight is 291 g/mol. The van der Waals surface area contributed by atoms with Crippen molar-refractivity contribution in [1.29, 1.82) is 0 Å². The monoisotopic (exact) mass is 291 g/mol. The zero-order valence-corrected chi connectivity index (χ0v) is 13.3. The number of carbonyl (C=O) groups is 1. The van der Waals surface area contributed by atoms with Crippen molar-refractivity contribution in [3.8, 4) is 0 Å². The molecule has 2 N–H and O–H groups in total. The Balaban J connectivity index is 2.16. The quantitative estimate of drug-likeness (QED) is 0.641. The molecule has 0 aliphatic carbocycles. The Kier molecular flexibility index (Phi) is 8.76. The SMILES string of the molecule is CCCCC[C@H](O)CCCC(=O)N[C@H](C)c1ccccc1. The van der Waals surface area contributed by atoms with Crippen molar-refractivity contribution >= 4 is 5.91 Å². The minimum Gasteiger partial charge on any atom is -0.393 e. The van der Waals surface area contributed by atoms with Crippen LogP contribution in [0.15, 0.2) is 30.3 Å². The summed E-state index contributed by atoms with van der Waals surface area (Å²) in [5.41, 5.74) is 1.12. The summed E-state index contributed by atoms with van der Waals surface area (Å²) >= 11 is 0. The van der Waals surface area contributed by atoms with Crippen molar-refractivity contribution in [2.75, 3.05) is 0 Å². The fraction of sp³-hybridized carbons (Fsp3) is 0.611. The summed E-state index contributed by atoms with van der Waals surface area (Å²) in [5.74, 6) is 0.0621. The number of amides is 1.